The van der Waals surface area contributed by atoms with E-state index in [2.05, 4.69) is 0 Å². The number of non-ortho nitro benzene ring substituents is 1. The summed E-state index contributed by atoms with van der Waals surface area (Å²) in [6.07, 6.45) is 1.33. The van der Waals surface area contributed by atoms with Gasteiger partial charge in [0.05, 0.1) is 11.0 Å². The second kappa shape index (κ2) is 6.33. The number of nitro benzene ring substituents is 1. The standard InChI is InChI=1S/C18H22N4O5/c1-5-6-14-18(15(23)20(3)17(25)21(4)16(18)24)10-11-9-12(22(26)27)7-8-13(11)19(14)2/h7-9,14H,5-6,10H2,1-4H3. The van der Waals surface area contributed by atoms with Crippen LogP contribution in [0.1, 0.15) is 25.3 Å². The number of carbonyl (C=O) groups is 3. The van der Waals surface area contributed by atoms with Gasteiger partial charge in [0.2, 0.25) is 11.8 Å². The molecule has 1 fully saturated rings. The Kier molecular flexibility index (Phi) is 4.41. The van der Waals surface area contributed by atoms with E-state index in [1.54, 1.807) is 13.1 Å². The maximum atomic E-state index is 13.2. The average molecular weight is 374 g/mol. The molecule has 0 aliphatic carbocycles. The van der Waals surface area contributed by atoms with Crippen LogP contribution in [0.3, 0.4) is 0 Å². The lowest BCUT2D eigenvalue weighted by molar-refractivity contribution is -0.384. The topological polar surface area (TPSA) is 104 Å². The first kappa shape index (κ1) is 18.8. The molecule has 1 aromatic rings. The van der Waals surface area contributed by atoms with Crippen molar-refractivity contribution in [2.45, 2.75) is 32.2 Å². The minimum Gasteiger partial charge on any atom is -0.370 e. The molecule has 0 bridgehead atoms. The summed E-state index contributed by atoms with van der Waals surface area (Å²) in [5, 5.41) is 11.2. The highest BCUT2D eigenvalue weighted by Gasteiger charge is 2.62. The Morgan fingerprint density at radius 3 is 2.26 bits per heavy atom. The molecule has 1 atom stereocenters. The van der Waals surface area contributed by atoms with Gasteiger partial charge >= 0.3 is 6.03 Å². The number of benzene rings is 1. The van der Waals surface area contributed by atoms with Crippen LogP contribution in [0, 0.1) is 15.5 Å². The SMILES string of the molecule is CCCC1N(C)c2ccc([N+](=O)[O-])cc2CC12C(=O)N(C)C(=O)N(C)C2=O. The second-order valence-electron chi connectivity index (χ2n) is 7.14. The molecular weight excluding hydrogens is 352 g/mol. The van der Waals surface area contributed by atoms with Crippen LogP contribution in [0.25, 0.3) is 0 Å². The zero-order valence-corrected chi connectivity index (χ0v) is 15.8. The van der Waals surface area contributed by atoms with Crippen molar-refractivity contribution < 1.29 is 19.3 Å². The molecule has 2 heterocycles. The highest BCUT2D eigenvalue weighted by Crippen LogP contribution is 2.47. The van der Waals surface area contributed by atoms with Gasteiger partial charge < -0.3 is 4.90 Å². The molecule has 0 aromatic heterocycles. The van der Waals surface area contributed by atoms with Crippen LogP contribution in [0.2, 0.25) is 0 Å². The molecule has 27 heavy (non-hydrogen) atoms. The van der Waals surface area contributed by atoms with E-state index >= 15 is 0 Å². The van der Waals surface area contributed by atoms with Gasteiger partial charge in [0.1, 0.15) is 0 Å². The summed E-state index contributed by atoms with van der Waals surface area (Å²) in [4.78, 5) is 53.1. The minimum atomic E-state index is -1.48. The van der Waals surface area contributed by atoms with E-state index in [1.165, 1.54) is 26.2 Å². The summed E-state index contributed by atoms with van der Waals surface area (Å²) >= 11 is 0. The molecule has 9 nitrogen and oxygen atoms in total. The number of fused-ring (bicyclic) bond motifs is 1. The van der Waals surface area contributed by atoms with E-state index in [1.807, 2.05) is 11.8 Å². The van der Waals surface area contributed by atoms with Crippen molar-refractivity contribution in [1.82, 2.24) is 9.80 Å². The molecule has 4 amide bonds. The van der Waals surface area contributed by atoms with Crippen LogP contribution < -0.4 is 4.90 Å². The molecule has 1 saturated heterocycles. The molecule has 0 N–H and O–H groups in total. The Hall–Kier alpha value is -2.97. The minimum absolute atomic E-state index is 0.0264. The Morgan fingerprint density at radius 2 is 1.74 bits per heavy atom. The van der Waals surface area contributed by atoms with Gasteiger partial charge in [-0.1, -0.05) is 13.3 Å². The van der Waals surface area contributed by atoms with Crippen LogP contribution >= 0.6 is 0 Å². The fourth-order valence-electron chi connectivity index (χ4n) is 4.33. The van der Waals surface area contributed by atoms with E-state index < -0.39 is 34.2 Å². The van der Waals surface area contributed by atoms with Gasteiger partial charge in [-0.3, -0.25) is 29.5 Å². The summed E-state index contributed by atoms with van der Waals surface area (Å²) in [5.74, 6) is -1.11. The Morgan fingerprint density at radius 1 is 1.15 bits per heavy atom. The second-order valence-corrected chi connectivity index (χ2v) is 7.14. The Bertz CT molecular complexity index is 828. The smallest absolute Gasteiger partial charge is 0.332 e. The molecule has 1 unspecified atom stereocenters. The van der Waals surface area contributed by atoms with Gasteiger partial charge in [0.25, 0.3) is 5.69 Å². The van der Waals surface area contributed by atoms with Gasteiger partial charge in [-0.2, -0.15) is 0 Å². The van der Waals surface area contributed by atoms with Crippen molar-refractivity contribution in [1.29, 1.82) is 0 Å². The largest absolute Gasteiger partial charge is 0.370 e. The first-order chi connectivity index (χ1) is 12.7. The predicted octanol–water partition coefficient (Wildman–Crippen LogP) is 1.79. The first-order valence-corrected chi connectivity index (χ1v) is 8.77. The third kappa shape index (κ3) is 2.48. The molecule has 1 aromatic carbocycles. The number of carbonyl (C=O) groups excluding carboxylic acids is 3. The summed E-state index contributed by atoms with van der Waals surface area (Å²) in [6, 6.07) is 3.36. The number of nitro groups is 1. The van der Waals surface area contributed by atoms with Gasteiger partial charge in [-0.25, -0.2) is 4.79 Å². The van der Waals surface area contributed by atoms with Crippen LogP contribution in [0.5, 0.6) is 0 Å². The van der Waals surface area contributed by atoms with E-state index in [0.717, 1.165) is 21.9 Å². The number of nitrogens with zero attached hydrogens (tertiary/aromatic N) is 4. The molecule has 2 aliphatic rings. The lowest BCUT2D eigenvalue weighted by atomic mass is 9.67. The quantitative estimate of drug-likeness (QED) is 0.454. The van der Waals surface area contributed by atoms with E-state index in [9.17, 15) is 24.5 Å². The highest BCUT2D eigenvalue weighted by molar-refractivity contribution is 6.20. The lowest BCUT2D eigenvalue weighted by Crippen LogP contribution is -2.71. The number of anilines is 1. The molecule has 1 spiro atoms. The van der Waals surface area contributed by atoms with E-state index in [0.29, 0.717) is 12.0 Å². The molecule has 9 heteroatoms. The molecule has 3 rings (SSSR count). The van der Waals surface area contributed by atoms with Crippen molar-refractivity contribution in [2.75, 3.05) is 26.0 Å². The Labute approximate surface area is 156 Å². The number of hydrogen-bond acceptors (Lipinski definition) is 6. The first-order valence-electron chi connectivity index (χ1n) is 8.77. The number of amides is 4. The van der Waals surface area contributed by atoms with Crippen molar-refractivity contribution in [3.05, 3.63) is 33.9 Å². The number of urea groups is 1. The molecule has 0 saturated carbocycles. The van der Waals surface area contributed by atoms with Gasteiger partial charge in [0, 0.05) is 45.4 Å². The van der Waals surface area contributed by atoms with Crippen LogP contribution in [-0.4, -0.2) is 59.8 Å². The molecule has 2 aliphatic heterocycles. The summed E-state index contributed by atoms with van der Waals surface area (Å²) in [5.41, 5.74) is -0.270. The fraction of sp³-hybridized carbons (Fsp3) is 0.500. The summed E-state index contributed by atoms with van der Waals surface area (Å²) < 4.78 is 0. The monoisotopic (exact) mass is 374 g/mol. The van der Waals surface area contributed by atoms with Crippen molar-refractivity contribution >= 4 is 29.2 Å². The maximum Gasteiger partial charge on any atom is 0.332 e. The van der Waals surface area contributed by atoms with Crippen LogP contribution in [0.4, 0.5) is 16.2 Å². The zero-order chi connectivity index (χ0) is 20.1. The van der Waals surface area contributed by atoms with E-state index in [-0.39, 0.29) is 12.1 Å². The van der Waals surface area contributed by atoms with Crippen LogP contribution in [0.15, 0.2) is 18.2 Å². The number of hydrogen-bond donors (Lipinski definition) is 0. The van der Waals surface area contributed by atoms with Crippen molar-refractivity contribution in [3.8, 4) is 0 Å². The number of rotatable bonds is 3. The number of barbiturate groups is 1. The third-order valence-corrected chi connectivity index (χ3v) is 5.67. The summed E-state index contributed by atoms with van der Waals surface area (Å²) in [7, 11) is 4.51. The fourth-order valence-corrected chi connectivity index (χ4v) is 4.33. The van der Waals surface area contributed by atoms with Gasteiger partial charge in [0.15, 0.2) is 5.41 Å². The third-order valence-electron chi connectivity index (χ3n) is 5.67. The molecule has 0 radical (unpaired) electrons. The zero-order valence-electron chi connectivity index (χ0n) is 15.8. The number of imide groups is 2. The molecular formula is C18H22N4O5. The van der Waals surface area contributed by atoms with E-state index in [4.69, 9.17) is 0 Å². The van der Waals surface area contributed by atoms with Crippen molar-refractivity contribution in [3.63, 3.8) is 0 Å². The normalized spacial score (nSPS) is 21.7. The highest BCUT2D eigenvalue weighted by atomic mass is 16.6. The van der Waals surface area contributed by atoms with Crippen molar-refractivity contribution in [2.24, 2.45) is 5.41 Å². The van der Waals surface area contributed by atoms with Gasteiger partial charge in [-0.05, 0) is 18.1 Å². The van der Waals surface area contributed by atoms with Crippen LogP contribution in [-0.2, 0) is 16.0 Å². The Balaban J connectivity index is 2.22. The lowest BCUT2D eigenvalue weighted by Gasteiger charge is -2.52. The average Bonchev–Trinajstić information content (AvgIpc) is 2.65. The summed E-state index contributed by atoms with van der Waals surface area (Å²) in [6.45, 7) is 1.96. The molecule has 144 valence electrons. The predicted molar refractivity (Wildman–Crippen MR) is 97.3 cm³/mol. The van der Waals surface area contributed by atoms with Gasteiger partial charge in [-0.15, -0.1) is 0 Å². The maximum absolute atomic E-state index is 13.2.